The van der Waals surface area contributed by atoms with E-state index >= 15 is 0 Å². The fourth-order valence-corrected chi connectivity index (χ4v) is 25.3. The second-order valence-corrected chi connectivity index (χ2v) is 49.1. The van der Waals surface area contributed by atoms with Crippen LogP contribution >= 0.6 is 23.2 Å². The Labute approximate surface area is 818 Å². The van der Waals surface area contributed by atoms with Crippen LogP contribution in [0.25, 0.3) is 33.2 Å². The first-order valence-corrected chi connectivity index (χ1v) is 54.9. The van der Waals surface area contributed by atoms with Crippen LogP contribution in [0.2, 0.25) is 10.0 Å². The van der Waals surface area contributed by atoms with Gasteiger partial charge < -0.3 is 39.0 Å². The smallest absolute Gasteiger partial charge is 0.273 e. The predicted molar refractivity (Wildman–Crippen MR) is 553 cm³/mol. The van der Waals surface area contributed by atoms with Gasteiger partial charge in [0, 0.05) is 214 Å². The third-order valence-corrected chi connectivity index (χ3v) is 34.9. The first kappa shape index (κ1) is 101. The zero-order chi connectivity index (χ0) is 98.2. The Bertz CT molecular complexity index is 6840. The lowest BCUT2D eigenvalue weighted by Crippen LogP contribution is -2.47. The largest absolute Gasteiger partial charge is 0.455 e. The van der Waals surface area contributed by atoms with Crippen LogP contribution in [0.15, 0.2) is 200 Å². The molecule has 2 aliphatic carbocycles. The fourth-order valence-electron chi connectivity index (χ4n) is 18.7. The number of rotatable bonds is 30. The van der Waals surface area contributed by atoms with Crippen LogP contribution in [-0.4, -0.2) is 229 Å². The van der Waals surface area contributed by atoms with Crippen LogP contribution in [0.5, 0.6) is 23.0 Å². The maximum atomic E-state index is 14.1. The zero-order valence-corrected chi connectivity index (χ0v) is 84.2. The summed E-state index contributed by atoms with van der Waals surface area (Å²) in [5.41, 5.74) is 11.5. The molecule has 10 aromatic rings. The van der Waals surface area contributed by atoms with Gasteiger partial charge in [0.2, 0.25) is 0 Å². The van der Waals surface area contributed by atoms with Crippen LogP contribution in [0.4, 0.5) is 22.7 Å². The van der Waals surface area contributed by atoms with Crippen molar-refractivity contribution in [2.75, 3.05) is 138 Å². The van der Waals surface area contributed by atoms with Gasteiger partial charge in [-0.05, 0) is 188 Å². The molecule has 0 spiro atoms. The van der Waals surface area contributed by atoms with Crippen molar-refractivity contribution in [3.63, 3.8) is 0 Å². The molecule has 0 saturated carbocycles. The number of halogens is 2. The molecule has 0 unspecified atom stereocenters. The number of carbonyl (C=O) groups excluding carboxylic acids is 4. The van der Waals surface area contributed by atoms with Gasteiger partial charge in [-0.2, -0.15) is 8.73 Å². The van der Waals surface area contributed by atoms with E-state index < -0.39 is 70.3 Å². The highest BCUT2D eigenvalue weighted by Crippen LogP contribution is 2.46. The lowest BCUT2D eigenvalue weighted by Gasteiger charge is -2.39. The number of nitrogens with zero attached hydrogens (tertiary/aromatic N) is 12. The minimum atomic E-state index is -4.59. The molecule has 30 nitrogen and oxygen atoms in total. The van der Waals surface area contributed by atoms with Crippen molar-refractivity contribution >= 4 is 153 Å². The molecule has 4 N–H and O–H groups in total. The quantitative estimate of drug-likeness (QED) is 0.0184. The van der Waals surface area contributed by atoms with E-state index in [-0.39, 0.29) is 68.5 Å². The number of pyridine rings is 2. The zero-order valence-electron chi connectivity index (χ0n) is 79.4. The topological polar surface area (TPSA) is 367 Å². The van der Waals surface area contributed by atoms with E-state index in [2.05, 4.69) is 131 Å². The monoisotopic (exact) mass is 1990 g/mol. The molecule has 8 heterocycles. The van der Waals surface area contributed by atoms with E-state index in [0.29, 0.717) is 110 Å². The summed E-state index contributed by atoms with van der Waals surface area (Å²) in [6.45, 7) is 28.9. The molecule has 4 saturated heterocycles. The molecule has 6 aliphatic rings. The number of hydrogen-bond acceptors (Lipinski definition) is 22. The van der Waals surface area contributed by atoms with Gasteiger partial charge >= 0.3 is 0 Å². The summed E-state index contributed by atoms with van der Waals surface area (Å²) in [5.74, 6) is 10.0. The summed E-state index contributed by atoms with van der Waals surface area (Å²) in [6.07, 6.45) is 14.5. The number of aryl methyl sites for hydroxylation is 1. The van der Waals surface area contributed by atoms with Gasteiger partial charge in [0.1, 0.15) is 34.3 Å². The lowest BCUT2D eigenvalue weighted by molar-refractivity contribution is -0.385. The number of amides is 4. The highest BCUT2D eigenvalue weighted by molar-refractivity contribution is 8.03. The third-order valence-electron chi connectivity index (χ3n) is 26.9. The SMILES string of the molecule is C=S1(=NC(=O)C(C)C)CCN(C[C@H](C)Cc2ccc(S(=O)(=O)NC(=O)c3ccc(N4CCN(CC5=C(c6ccc(Cl)cc6)CC(C)(C)CC5)CC4)cc3Oc3cnc4[nH]ccc4c3)cc2[N+](=O)[O-])CC1.C=S1(=NC(=O)CC)CCN(CCCc2ccc(S(=O)(=O)NC(=O)c3ccc(N4CCN(CC5=C(c6ccc(Cl)cc6)CC(C)(C)CC5)CC4)cc3Oc3cnc4[nH]ccc4c3)cc2[N+](=O)[O-])CC1. The fraction of sp³-hybridized carbons (Fsp3) is 0.412. The number of carbonyl (C=O) groups is 4. The number of hydrogen-bond donors (Lipinski definition) is 4. The number of aromatic amines is 2. The molecule has 4 amide bonds. The average Bonchev–Trinajstić information content (AvgIpc) is 0.818. The second-order valence-electron chi connectivity index (χ2n) is 38.9. The van der Waals surface area contributed by atoms with Crippen LogP contribution < -0.4 is 28.7 Å². The summed E-state index contributed by atoms with van der Waals surface area (Å²) >= 11 is 12.5. The molecule has 6 aromatic carbocycles. The molecule has 16 rings (SSSR count). The maximum Gasteiger partial charge on any atom is 0.273 e. The summed E-state index contributed by atoms with van der Waals surface area (Å²) in [6, 6.07) is 41.2. The Hall–Kier alpha value is -11.2. The Morgan fingerprint density at radius 2 is 0.971 bits per heavy atom. The number of ether oxygens (including phenoxy) is 2. The van der Waals surface area contributed by atoms with Crippen molar-refractivity contribution in [2.24, 2.45) is 31.4 Å². The van der Waals surface area contributed by atoms with Crippen molar-refractivity contribution in [1.29, 1.82) is 0 Å². The van der Waals surface area contributed by atoms with Crippen molar-refractivity contribution in [1.82, 2.24) is 49.0 Å². The minimum Gasteiger partial charge on any atom is -0.455 e. The van der Waals surface area contributed by atoms with Crippen molar-refractivity contribution in [2.45, 2.75) is 129 Å². The van der Waals surface area contributed by atoms with E-state index in [1.165, 1.54) is 70.1 Å². The number of aromatic nitrogens is 4. The molecular formula is C102H122Cl2N16O14S4. The first-order chi connectivity index (χ1) is 65.7. The number of anilines is 2. The molecule has 0 bridgehead atoms. The lowest BCUT2D eigenvalue weighted by atomic mass is 9.72. The average molecular weight is 2000 g/mol. The molecule has 4 aromatic heterocycles. The number of piperazine rings is 2. The minimum absolute atomic E-state index is 0.0122. The maximum absolute atomic E-state index is 14.1. The number of benzene rings is 6. The number of nitro benzene ring substituents is 2. The van der Waals surface area contributed by atoms with E-state index in [4.69, 9.17) is 32.7 Å². The van der Waals surface area contributed by atoms with E-state index in [1.807, 2.05) is 57.2 Å². The highest BCUT2D eigenvalue weighted by Gasteiger charge is 2.36. The van der Waals surface area contributed by atoms with Crippen LogP contribution in [0.1, 0.15) is 150 Å². The van der Waals surface area contributed by atoms with Gasteiger partial charge in [-0.1, -0.05) is 138 Å². The molecule has 4 fully saturated rings. The molecule has 732 valence electrons. The number of nitro groups is 2. The van der Waals surface area contributed by atoms with Crippen molar-refractivity contribution in [3.8, 4) is 23.0 Å². The summed E-state index contributed by atoms with van der Waals surface area (Å²) in [7, 11) is -12.4. The van der Waals surface area contributed by atoms with Crippen LogP contribution in [0, 0.1) is 42.9 Å². The summed E-state index contributed by atoms with van der Waals surface area (Å²) in [5, 5.41) is 27.7. The second kappa shape index (κ2) is 43.3. The molecule has 1 atom stereocenters. The summed E-state index contributed by atoms with van der Waals surface area (Å²) in [4.78, 5) is 104. The third kappa shape index (κ3) is 25.7. The normalized spacial score (nSPS) is 18.0. The van der Waals surface area contributed by atoms with Gasteiger partial charge in [0.15, 0.2) is 0 Å². The molecule has 0 radical (unpaired) electrons. The Morgan fingerprint density at radius 3 is 1.41 bits per heavy atom. The van der Waals surface area contributed by atoms with Crippen molar-refractivity contribution in [3.05, 3.63) is 245 Å². The number of sulfonamides is 2. The van der Waals surface area contributed by atoms with Gasteiger partial charge in [-0.15, -0.1) is 18.8 Å². The highest BCUT2D eigenvalue weighted by atomic mass is 35.5. The standard InChI is InChI=1S/C52H63ClN8O7S2.C50H59ClN8O7S2/c1-35(2)50(62)56-69(6)25-23-59(24-26-69)33-36(3)27-38-9-13-44(30-47(38)61(64)65)70(66,67)57-51(63)45-14-12-42(29-48(45)68-43-28-39-16-18-54-49(39)55-32-43)60-21-19-58(20-22-60)34-40-15-17-52(4,5)31-46(40)37-7-10-41(53)11-8-37;1-5-47(60)54-67(4)27-25-56(26-28-67)20-6-7-36-10-14-42(31-45(36)59(62)63)68(64,65)55-49(61)43-15-13-40(30-46(43)66-41-29-37-17-19-52-48(37)53-33-41)58-23-21-57(22-24-58)34-38-16-18-50(2,3)32-44(38)35-8-11-39(51)12-9-35/h7-14,16,18,28-30,32,35-36H,6,15,17,19-27,31,33-34H2,1-5H3,(H,54,55)(H,57,63);8-15,17,19,29-31,33H,4-7,16,18,20-28,32,34H2,1-3H3,(H,52,53)(H,55,61)/t36-;/m1./s1. The molecule has 36 heteroatoms. The Balaban J connectivity index is 0.000000209. The van der Waals surface area contributed by atoms with Crippen LogP contribution in [0.3, 0.4) is 0 Å². The van der Waals surface area contributed by atoms with Crippen molar-refractivity contribution < 1.29 is 55.3 Å². The molecular weight excluding hydrogens is 1870 g/mol. The van der Waals surface area contributed by atoms with E-state index in [9.17, 15) is 56.2 Å². The number of nitrogens with one attached hydrogen (secondary N) is 4. The first-order valence-electron chi connectivity index (χ1n) is 47.0. The number of fused-ring (bicyclic) bond motifs is 2. The van der Waals surface area contributed by atoms with E-state index in [1.54, 1.807) is 67.8 Å². The van der Waals surface area contributed by atoms with Gasteiger partial charge in [-0.3, -0.25) is 49.2 Å². The summed E-state index contributed by atoms with van der Waals surface area (Å²) < 4.78 is 81.2. The van der Waals surface area contributed by atoms with Gasteiger partial charge in [0.05, 0.1) is 43.2 Å². The predicted octanol–water partition coefficient (Wildman–Crippen LogP) is 18.0. The molecule has 4 aliphatic heterocycles. The number of allylic oxidation sites excluding steroid dienone is 2. The Kier molecular flexibility index (Phi) is 31.8. The van der Waals surface area contributed by atoms with Gasteiger partial charge in [-0.25, -0.2) is 36.2 Å². The van der Waals surface area contributed by atoms with E-state index in [0.717, 1.165) is 160 Å². The van der Waals surface area contributed by atoms with Crippen LogP contribution in [-0.2, 0) is 61.3 Å². The number of H-pyrrole nitrogens is 2. The van der Waals surface area contributed by atoms with Gasteiger partial charge in [0.25, 0.3) is 55.1 Å². The molecule has 138 heavy (non-hydrogen) atoms. The Morgan fingerprint density at radius 1 is 0.543 bits per heavy atom.